The summed E-state index contributed by atoms with van der Waals surface area (Å²) < 4.78 is 13.8. The van der Waals surface area contributed by atoms with E-state index in [1.165, 1.54) is 0 Å². The topological polar surface area (TPSA) is 99.4 Å². The van der Waals surface area contributed by atoms with Gasteiger partial charge in [-0.15, -0.1) is 0 Å². The molecule has 0 saturated carbocycles. The Labute approximate surface area is 381 Å². The van der Waals surface area contributed by atoms with Crippen LogP contribution in [-0.4, -0.2) is 33.6 Å². The number of pyridine rings is 4. The van der Waals surface area contributed by atoms with Crippen LogP contribution in [0.25, 0.3) is 93.9 Å². The molecular weight excluding hydrogens is 825 g/mol. The number of ether oxygens (including phenoxy) is 1. The molecule has 0 saturated heterocycles. The Morgan fingerprint density at radius 3 is 1.75 bits per heavy atom. The summed E-state index contributed by atoms with van der Waals surface area (Å²) in [7, 11) is 0. The lowest BCUT2D eigenvalue weighted by molar-refractivity contribution is 0.436. The van der Waals surface area contributed by atoms with Crippen LogP contribution in [0.1, 0.15) is 27.8 Å². The molecule has 7 aromatic heterocycles. The minimum absolute atomic E-state index is 0.621. The lowest BCUT2D eigenvalue weighted by atomic mass is 9.66. The molecule has 0 N–H and O–H groups in total. The number of aromatic nitrogens is 7. The van der Waals surface area contributed by atoms with Crippen molar-refractivity contribution in [3.05, 3.63) is 223 Å². The number of rotatable bonds is 3. The van der Waals surface area contributed by atoms with Gasteiger partial charge in [0, 0.05) is 79.0 Å². The van der Waals surface area contributed by atoms with E-state index < -0.39 is 5.41 Å². The highest BCUT2D eigenvalue weighted by Crippen LogP contribution is 2.62. The van der Waals surface area contributed by atoms with Crippen LogP contribution < -0.4 is 4.74 Å². The second kappa shape index (κ2) is 13.1. The van der Waals surface area contributed by atoms with E-state index in [2.05, 4.69) is 151 Å². The van der Waals surface area contributed by atoms with Gasteiger partial charge in [0.2, 0.25) is 0 Å². The molecule has 0 fully saturated rings. The molecule has 8 heterocycles. The highest BCUT2D eigenvalue weighted by atomic mass is 16.5. The van der Waals surface area contributed by atoms with E-state index >= 15 is 0 Å². The van der Waals surface area contributed by atoms with Crippen LogP contribution in [0.2, 0.25) is 0 Å². The smallest absolute Gasteiger partial charge is 0.132 e. The third-order valence-electron chi connectivity index (χ3n) is 14.2. The molecule has 67 heavy (non-hydrogen) atoms. The predicted molar refractivity (Wildman–Crippen MR) is 263 cm³/mol. The summed E-state index contributed by atoms with van der Waals surface area (Å²) in [5, 5.41) is 16.5. The minimum atomic E-state index is -0.848. The maximum atomic E-state index is 9.89. The first-order chi connectivity index (χ1) is 33.2. The maximum absolute atomic E-state index is 9.89. The van der Waals surface area contributed by atoms with Crippen molar-refractivity contribution in [3.63, 3.8) is 0 Å². The Balaban J connectivity index is 0.990. The third-order valence-corrected chi connectivity index (χ3v) is 14.2. The van der Waals surface area contributed by atoms with E-state index in [9.17, 15) is 5.26 Å². The van der Waals surface area contributed by atoms with Crippen molar-refractivity contribution < 1.29 is 4.74 Å². The van der Waals surface area contributed by atoms with Gasteiger partial charge in [-0.05, 0) is 103 Å². The molecule has 0 bridgehead atoms. The Bertz CT molecular complexity index is 4310. The van der Waals surface area contributed by atoms with Gasteiger partial charge in [-0.25, -0.2) is 0 Å². The molecule has 1 atom stereocenters. The van der Waals surface area contributed by atoms with Crippen molar-refractivity contribution in [2.75, 3.05) is 0 Å². The minimum Gasteiger partial charge on any atom is -0.457 e. The van der Waals surface area contributed by atoms with Crippen LogP contribution in [0.5, 0.6) is 11.5 Å². The zero-order valence-corrected chi connectivity index (χ0v) is 35.5. The first-order valence-corrected chi connectivity index (χ1v) is 22.2. The fourth-order valence-corrected chi connectivity index (χ4v) is 11.5. The van der Waals surface area contributed by atoms with E-state index in [1.807, 2.05) is 73.6 Å². The number of para-hydroxylation sites is 3. The van der Waals surface area contributed by atoms with Crippen molar-refractivity contribution in [2.24, 2.45) is 0 Å². The molecular formula is C58H32N8O. The fourth-order valence-electron chi connectivity index (χ4n) is 11.5. The lowest BCUT2D eigenvalue weighted by Gasteiger charge is -2.39. The second-order valence-corrected chi connectivity index (χ2v) is 17.4. The Hall–Kier alpha value is -9.39. The molecule has 2 aliphatic rings. The first kappa shape index (κ1) is 36.0. The SMILES string of the molecule is N#Cc1ccc2c(c1)c1ccccc1n2-c1cnc2c(c1)C1(c3ccccc3Oc3ccc(-n4c5ccccc5c5cc(-n6c7cnccc7c7ccncc76)ccc54)cc31)c1cccnc1-2. The van der Waals surface area contributed by atoms with Crippen LogP contribution in [0.15, 0.2) is 195 Å². The van der Waals surface area contributed by atoms with Crippen molar-refractivity contribution in [2.45, 2.75) is 5.41 Å². The van der Waals surface area contributed by atoms with Crippen LogP contribution in [0.4, 0.5) is 0 Å². The molecule has 0 amide bonds. The second-order valence-electron chi connectivity index (χ2n) is 17.4. The summed E-state index contributed by atoms with van der Waals surface area (Å²) >= 11 is 0. The summed E-state index contributed by atoms with van der Waals surface area (Å²) in [6.45, 7) is 0. The highest BCUT2D eigenvalue weighted by molar-refractivity contribution is 6.12. The zero-order valence-electron chi connectivity index (χ0n) is 35.5. The van der Waals surface area contributed by atoms with Gasteiger partial charge < -0.3 is 18.4 Å². The summed E-state index contributed by atoms with van der Waals surface area (Å²) in [5.41, 5.74) is 14.8. The number of nitrogens with zero attached hydrogens (tertiary/aromatic N) is 8. The molecule has 1 spiro atoms. The third kappa shape index (κ3) is 4.65. The number of benzene rings is 6. The average Bonchev–Trinajstić information content (AvgIpc) is 4.10. The summed E-state index contributed by atoms with van der Waals surface area (Å²) in [4.78, 5) is 19.5. The first-order valence-electron chi connectivity index (χ1n) is 22.2. The van der Waals surface area contributed by atoms with Crippen molar-refractivity contribution >= 4 is 65.4 Å². The normalized spacial score (nSPS) is 14.7. The quantitative estimate of drug-likeness (QED) is 0.175. The molecule has 1 unspecified atom stereocenters. The summed E-state index contributed by atoms with van der Waals surface area (Å²) in [6.07, 6.45) is 11.4. The fraction of sp³-hybridized carbons (Fsp3) is 0.0172. The largest absolute Gasteiger partial charge is 0.457 e. The highest BCUT2D eigenvalue weighted by Gasteiger charge is 2.53. The monoisotopic (exact) mass is 856 g/mol. The number of nitriles is 1. The van der Waals surface area contributed by atoms with E-state index in [0.29, 0.717) is 5.56 Å². The van der Waals surface area contributed by atoms with Crippen LogP contribution in [0.3, 0.4) is 0 Å². The van der Waals surface area contributed by atoms with Gasteiger partial charge in [0.05, 0.1) is 85.8 Å². The Kier molecular flexibility index (Phi) is 7.04. The maximum Gasteiger partial charge on any atom is 0.132 e. The molecule has 0 radical (unpaired) electrons. The molecule has 9 nitrogen and oxygen atoms in total. The molecule has 1 aliphatic carbocycles. The standard InChI is InChI=1S/C58H32N8O/c59-30-34-15-18-50-42(26-34)38-8-1-5-13-49(38)66(50)37-29-47-57(63-31-37)56-45(11-7-23-62-56)58(47)44-10-3-6-14-54(44)67-55-20-17-36(28-46(55)58)64-48-12-4-2-9-39(48)43-27-35(16-19-51(43)64)65-52-32-60-24-21-40(52)41-22-25-61-33-53(41)65/h1-29,31-33H. The van der Waals surface area contributed by atoms with Gasteiger partial charge >= 0.3 is 0 Å². The van der Waals surface area contributed by atoms with Crippen molar-refractivity contribution in [1.29, 1.82) is 5.26 Å². The molecule has 1 aliphatic heterocycles. The van der Waals surface area contributed by atoms with Crippen LogP contribution >= 0.6 is 0 Å². The van der Waals surface area contributed by atoms with Crippen LogP contribution in [-0.2, 0) is 5.41 Å². The zero-order chi connectivity index (χ0) is 44.0. The molecule has 13 aromatic rings. The van der Waals surface area contributed by atoms with E-state index in [0.717, 1.165) is 128 Å². The van der Waals surface area contributed by atoms with Gasteiger partial charge in [-0.3, -0.25) is 19.9 Å². The van der Waals surface area contributed by atoms with E-state index in [4.69, 9.17) is 14.7 Å². The molecule has 6 aromatic carbocycles. The Morgan fingerprint density at radius 1 is 0.403 bits per heavy atom. The van der Waals surface area contributed by atoms with Crippen molar-refractivity contribution in [3.8, 4) is 46.0 Å². The van der Waals surface area contributed by atoms with Gasteiger partial charge in [0.1, 0.15) is 11.5 Å². The van der Waals surface area contributed by atoms with E-state index in [1.54, 1.807) is 0 Å². The van der Waals surface area contributed by atoms with Gasteiger partial charge in [0.15, 0.2) is 0 Å². The number of hydrogen-bond acceptors (Lipinski definition) is 6. The average molecular weight is 857 g/mol. The number of fused-ring (bicyclic) bond motifs is 18. The summed E-state index contributed by atoms with van der Waals surface area (Å²) in [6, 6.07) is 57.7. The van der Waals surface area contributed by atoms with Gasteiger partial charge in [-0.1, -0.05) is 60.7 Å². The van der Waals surface area contributed by atoms with Crippen molar-refractivity contribution in [1.82, 2.24) is 33.6 Å². The van der Waals surface area contributed by atoms with E-state index in [-0.39, 0.29) is 0 Å². The van der Waals surface area contributed by atoms with Gasteiger partial charge in [-0.2, -0.15) is 5.26 Å². The lowest BCUT2D eigenvalue weighted by Crippen LogP contribution is -2.32. The molecule has 9 heteroatoms. The molecule has 310 valence electrons. The molecule has 15 rings (SSSR count). The number of hydrogen-bond donors (Lipinski definition) is 0. The Morgan fingerprint density at radius 2 is 0.970 bits per heavy atom. The van der Waals surface area contributed by atoms with Crippen LogP contribution in [0, 0.1) is 11.3 Å². The predicted octanol–water partition coefficient (Wildman–Crippen LogP) is 12.9. The summed E-state index contributed by atoms with van der Waals surface area (Å²) in [5.74, 6) is 1.56. The van der Waals surface area contributed by atoms with Gasteiger partial charge in [0.25, 0.3) is 0 Å².